The molecular weight excluding hydrogens is 238 g/mol. The molecule has 0 heterocycles. The largest absolute Gasteiger partial charge is 0.341 e. The molecule has 1 aromatic carbocycles. The van der Waals surface area contributed by atoms with Crippen molar-refractivity contribution in [3.63, 3.8) is 0 Å². The number of nitrogens with zero attached hydrogens (tertiary/aromatic N) is 2. The highest BCUT2D eigenvalue weighted by molar-refractivity contribution is 5.96. The second kappa shape index (κ2) is 7.20. The summed E-state index contributed by atoms with van der Waals surface area (Å²) in [7, 11) is 1.68. The smallest absolute Gasteiger partial charge is 0.254 e. The summed E-state index contributed by atoms with van der Waals surface area (Å²) < 4.78 is 0. The van der Waals surface area contributed by atoms with E-state index in [1.807, 2.05) is 31.2 Å². The van der Waals surface area contributed by atoms with Gasteiger partial charge in [-0.05, 0) is 19.1 Å². The van der Waals surface area contributed by atoms with Gasteiger partial charge in [0, 0.05) is 19.2 Å². The van der Waals surface area contributed by atoms with Crippen LogP contribution in [0.5, 0.6) is 0 Å². The molecule has 0 unspecified atom stereocenters. The Labute approximate surface area is 113 Å². The van der Waals surface area contributed by atoms with Crippen LogP contribution in [-0.2, 0) is 0 Å². The number of rotatable bonds is 3. The van der Waals surface area contributed by atoms with Crippen molar-refractivity contribution in [1.82, 2.24) is 4.90 Å². The molecule has 0 fully saturated rings. The van der Waals surface area contributed by atoms with Crippen LogP contribution in [0.2, 0.25) is 0 Å². The minimum atomic E-state index is -0.125. The number of benzene rings is 1. The Kier molecular flexibility index (Phi) is 5.60. The molecule has 0 aliphatic carbocycles. The molecule has 0 saturated heterocycles. The number of amides is 1. The summed E-state index contributed by atoms with van der Waals surface area (Å²) in [5, 5.41) is 8.56. The van der Waals surface area contributed by atoms with Crippen LogP contribution in [0.25, 0.3) is 0 Å². The number of nitriles is 1. The van der Waals surface area contributed by atoms with Crippen molar-refractivity contribution in [3.8, 4) is 17.9 Å². The maximum absolute atomic E-state index is 12.3. The molecule has 1 amide bonds. The molecule has 0 bridgehead atoms. The Morgan fingerprint density at radius 1 is 1.47 bits per heavy atom. The summed E-state index contributed by atoms with van der Waals surface area (Å²) in [6, 6.07) is 7.57. The Bertz CT molecular complexity index is 561. The second-order valence-corrected chi connectivity index (χ2v) is 4.19. The van der Waals surface area contributed by atoms with E-state index >= 15 is 0 Å². The molecule has 2 N–H and O–H groups in total. The van der Waals surface area contributed by atoms with Gasteiger partial charge in [-0.3, -0.25) is 4.79 Å². The minimum Gasteiger partial charge on any atom is -0.341 e. The highest BCUT2D eigenvalue weighted by atomic mass is 16.2. The van der Waals surface area contributed by atoms with Crippen molar-refractivity contribution in [2.24, 2.45) is 5.73 Å². The maximum atomic E-state index is 12.3. The van der Waals surface area contributed by atoms with E-state index in [2.05, 4.69) is 11.8 Å². The van der Waals surface area contributed by atoms with Crippen molar-refractivity contribution < 1.29 is 4.79 Å². The van der Waals surface area contributed by atoms with Crippen molar-refractivity contribution in [2.75, 3.05) is 20.1 Å². The molecule has 19 heavy (non-hydrogen) atoms. The Balaban J connectivity index is 3.07. The highest BCUT2D eigenvalue weighted by Crippen LogP contribution is 2.13. The number of carbonyl (C=O) groups excluding carboxylic acids is 1. The average Bonchev–Trinajstić information content (AvgIpc) is 2.42. The lowest BCUT2D eigenvalue weighted by atomic mass is 10.0. The topological polar surface area (TPSA) is 70.1 Å². The molecule has 0 radical (unpaired) electrons. The van der Waals surface area contributed by atoms with Crippen molar-refractivity contribution in [2.45, 2.75) is 13.3 Å². The van der Waals surface area contributed by atoms with Gasteiger partial charge in [0.05, 0.1) is 24.6 Å². The van der Waals surface area contributed by atoms with E-state index < -0.39 is 0 Å². The Morgan fingerprint density at radius 2 is 2.21 bits per heavy atom. The molecule has 1 aromatic rings. The van der Waals surface area contributed by atoms with Crippen LogP contribution in [0.15, 0.2) is 18.2 Å². The summed E-state index contributed by atoms with van der Waals surface area (Å²) >= 11 is 0. The van der Waals surface area contributed by atoms with Gasteiger partial charge in [-0.2, -0.15) is 5.26 Å². The summed E-state index contributed by atoms with van der Waals surface area (Å²) in [5.74, 6) is 5.54. The number of hydrogen-bond donors (Lipinski definition) is 1. The van der Waals surface area contributed by atoms with Crippen LogP contribution >= 0.6 is 0 Å². The first kappa shape index (κ1) is 14.8. The maximum Gasteiger partial charge on any atom is 0.254 e. The second-order valence-electron chi connectivity index (χ2n) is 4.19. The Hall–Kier alpha value is -2.30. The molecule has 4 nitrogen and oxygen atoms in total. The zero-order chi connectivity index (χ0) is 14.3. The van der Waals surface area contributed by atoms with Crippen molar-refractivity contribution in [1.29, 1.82) is 5.26 Å². The molecule has 98 valence electrons. The minimum absolute atomic E-state index is 0.125. The zero-order valence-electron chi connectivity index (χ0n) is 11.2. The lowest BCUT2D eigenvalue weighted by Crippen LogP contribution is -2.28. The quantitative estimate of drug-likeness (QED) is 0.827. The number of aryl methyl sites for hydroxylation is 1. The van der Waals surface area contributed by atoms with Crippen LogP contribution in [0.3, 0.4) is 0 Å². The monoisotopic (exact) mass is 255 g/mol. The third-order valence-electron chi connectivity index (χ3n) is 2.64. The molecule has 0 saturated carbocycles. The van der Waals surface area contributed by atoms with Gasteiger partial charge in [0.1, 0.15) is 0 Å². The van der Waals surface area contributed by atoms with Gasteiger partial charge in [0.2, 0.25) is 0 Å². The van der Waals surface area contributed by atoms with Crippen LogP contribution in [0.4, 0.5) is 0 Å². The fraction of sp³-hybridized carbons (Fsp3) is 0.333. The van der Waals surface area contributed by atoms with Crippen molar-refractivity contribution >= 4 is 5.91 Å². The van der Waals surface area contributed by atoms with Gasteiger partial charge >= 0.3 is 0 Å². The van der Waals surface area contributed by atoms with E-state index in [-0.39, 0.29) is 12.5 Å². The van der Waals surface area contributed by atoms with Gasteiger partial charge in [0.15, 0.2) is 0 Å². The van der Waals surface area contributed by atoms with Gasteiger partial charge < -0.3 is 10.6 Å². The third kappa shape index (κ3) is 4.13. The fourth-order valence-electron chi connectivity index (χ4n) is 1.62. The van der Waals surface area contributed by atoms with E-state index in [1.165, 1.54) is 4.90 Å². The molecule has 1 rings (SSSR count). The molecule has 0 aromatic heterocycles. The SMILES string of the molecule is Cc1ccc(C#CCN)c(C(=O)N(C)CCC#N)c1. The predicted molar refractivity (Wildman–Crippen MR) is 74.3 cm³/mol. The number of hydrogen-bond acceptors (Lipinski definition) is 3. The number of nitrogens with two attached hydrogens (primary N) is 1. The highest BCUT2D eigenvalue weighted by Gasteiger charge is 2.14. The molecular formula is C15H17N3O. The summed E-state index contributed by atoms with van der Waals surface area (Å²) in [6.07, 6.45) is 0.317. The van der Waals surface area contributed by atoms with E-state index in [1.54, 1.807) is 7.05 Å². The first-order valence-electron chi connectivity index (χ1n) is 6.02. The zero-order valence-corrected chi connectivity index (χ0v) is 11.2. The average molecular weight is 255 g/mol. The van der Waals surface area contributed by atoms with Gasteiger partial charge in [-0.25, -0.2) is 0 Å². The fourth-order valence-corrected chi connectivity index (χ4v) is 1.62. The standard InChI is InChI=1S/C15H17N3O/c1-12-6-7-13(5-3-8-16)14(11-12)15(19)18(2)10-4-9-17/h6-7,11H,4,8,10,16H2,1-2H3. The molecule has 0 aliphatic heterocycles. The van der Waals surface area contributed by atoms with Gasteiger partial charge in [-0.15, -0.1) is 0 Å². The van der Waals surface area contributed by atoms with Gasteiger partial charge in [-0.1, -0.05) is 23.5 Å². The lowest BCUT2D eigenvalue weighted by molar-refractivity contribution is 0.0797. The summed E-state index contributed by atoms with van der Waals surface area (Å²) in [4.78, 5) is 13.8. The third-order valence-corrected chi connectivity index (χ3v) is 2.64. The van der Waals surface area contributed by atoms with E-state index in [0.717, 1.165) is 5.56 Å². The Morgan fingerprint density at radius 3 is 2.84 bits per heavy atom. The van der Waals surface area contributed by atoms with E-state index in [4.69, 9.17) is 11.0 Å². The summed E-state index contributed by atoms with van der Waals surface area (Å²) in [6.45, 7) is 2.59. The normalized spacial score (nSPS) is 9.16. The number of carbonyl (C=O) groups is 1. The van der Waals surface area contributed by atoms with Crippen LogP contribution < -0.4 is 5.73 Å². The first-order chi connectivity index (χ1) is 9.10. The van der Waals surface area contributed by atoms with Crippen LogP contribution in [0.1, 0.15) is 27.9 Å². The summed E-state index contributed by atoms with van der Waals surface area (Å²) in [5.41, 5.74) is 7.58. The lowest BCUT2D eigenvalue weighted by Gasteiger charge is -2.16. The molecule has 0 spiro atoms. The molecule has 0 atom stereocenters. The van der Waals surface area contributed by atoms with Crippen molar-refractivity contribution in [3.05, 3.63) is 34.9 Å². The van der Waals surface area contributed by atoms with E-state index in [0.29, 0.717) is 24.1 Å². The van der Waals surface area contributed by atoms with Crippen LogP contribution in [-0.4, -0.2) is 30.9 Å². The first-order valence-corrected chi connectivity index (χ1v) is 6.02. The molecule has 4 heteroatoms. The predicted octanol–water partition coefficient (Wildman–Crippen LogP) is 1.29. The van der Waals surface area contributed by atoms with E-state index in [9.17, 15) is 4.79 Å². The molecule has 0 aliphatic rings. The van der Waals surface area contributed by atoms with Crippen LogP contribution in [0, 0.1) is 30.1 Å². The van der Waals surface area contributed by atoms with Gasteiger partial charge in [0.25, 0.3) is 5.91 Å².